The van der Waals surface area contributed by atoms with Crippen LogP contribution in [0.3, 0.4) is 0 Å². The molecule has 0 aromatic heterocycles. The summed E-state index contributed by atoms with van der Waals surface area (Å²) < 4.78 is 0. The predicted molar refractivity (Wildman–Crippen MR) is 71.7 cm³/mol. The third-order valence-electron chi connectivity index (χ3n) is 3.05. The molecule has 0 heterocycles. The Balaban J connectivity index is 2.39. The number of rotatable bonds is 8. The highest BCUT2D eigenvalue weighted by molar-refractivity contribution is 5.88. The Hall–Kier alpha value is -1.63. The number of carbonyl (C=O) groups excluding carboxylic acids is 3. The van der Waals surface area contributed by atoms with E-state index < -0.39 is 11.8 Å². The van der Waals surface area contributed by atoms with Crippen LogP contribution < -0.4 is 16.1 Å². The van der Waals surface area contributed by atoms with E-state index in [0.717, 1.165) is 12.8 Å². The van der Waals surface area contributed by atoms with Crippen molar-refractivity contribution in [2.75, 3.05) is 6.54 Å². The first-order chi connectivity index (χ1) is 9.42. The number of nitrogens with one attached hydrogen (secondary N) is 3. The van der Waals surface area contributed by atoms with Gasteiger partial charge in [-0.1, -0.05) is 13.8 Å². The van der Waals surface area contributed by atoms with Crippen molar-refractivity contribution in [3.05, 3.63) is 0 Å². The van der Waals surface area contributed by atoms with E-state index in [1.54, 1.807) is 0 Å². The molecule has 7 heteroatoms. The largest absolute Gasteiger partial charge is 0.352 e. The fourth-order valence-corrected chi connectivity index (χ4v) is 1.94. The Labute approximate surface area is 118 Å². The van der Waals surface area contributed by atoms with Gasteiger partial charge in [0.05, 0.1) is 6.54 Å². The van der Waals surface area contributed by atoms with Crippen molar-refractivity contribution >= 4 is 17.7 Å². The number of hydroxylamine groups is 1. The van der Waals surface area contributed by atoms with E-state index >= 15 is 0 Å². The highest BCUT2D eigenvalue weighted by Gasteiger charge is 2.25. The van der Waals surface area contributed by atoms with Gasteiger partial charge in [-0.05, 0) is 25.2 Å². The Morgan fingerprint density at radius 1 is 1.20 bits per heavy atom. The first-order valence-electron chi connectivity index (χ1n) is 6.92. The highest BCUT2D eigenvalue weighted by atomic mass is 16.5. The maximum Gasteiger partial charge on any atom is 0.244 e. The SMILES string of the molecule is CC(C)CC(CC(=O)NO)C(=O)NCC(=O)NC1CC1. The summed E-state index contributed by atoms with van der Waals surface area (Å²) in [6.45, 7) is 3.80. The van der Waals surface area contributed by atoms with Gasteiger partial charge in [0, 0.05) is 18.4 Å². The zero-order chi connectivity index (χ0) is 15.1. The van der Waals surface area contributed by atoms with Gasteiger partial charge in [0.1, 0.15) is 0 Å². The summed E-state index contributed by atoms with van der Waals surface area (Å²) in [5.74, 6) is -1.47. The van der Waals surface area contributed by atoms with Crippen LogP contribution in [0.25, 0.3) is 0 Å². The summed E-state index contributed by atoms with van der Waals surface area (Å²) in [6, 6.07) is 0.256. The van der Waals surface area contributed by atoms with Gasteiger partial charge in [-0.3, -0.25) is 19.6 Å². The monoisotopic (exact) mass is 285 g/mol. The molecule has 0 aliphatic heterocycles. The minimum Gasteiger partial charge on any atom is -0.352 e. The molecular weight excluding hydrogens is 262 g/mol. The minimum atomic E-state index is -0.603. The van der Waals surface area contributed by atoms with Gasteiger partial charge < -0.3 is 10.6 Å². The maximum absolute atomic E-state index is 12.0. The summed E-state index contributed by atoms with van der Waals surface area (Å²) in [6.07, 6.45) is 2.41. The van der Waals surface area contributed by atoms with Crippen molar-refractivity contribution in [2.24, 2.45) is 11.8 Å². The molecule has 0 aromatic carbocycles. The lowest BCUT2D eigenvalue weighted by Gasteiger charge is -2.17. The van der Waals surface area contributed by atoms with Gasteiger partial charge in [-0.25, -0.2) is 5.48 Å². The topological polar surface area (TPSA) is 108 Å². The second-order valence-electron chi connectivity index (χ2n) is 5.63. The molecule has 1 atom stereocenters. The van der Waals surface area contributed by atoms with Crippen LogP contribution in [-0.4, -0.2) is 35.5 Å². The summed E-state index contributed by atoms with van der Waals surface area (Å²) in [5.41, 5.74) is 1.52. The summed E-state index contributed by atoms with van der Waals surface area (Å²) >= 11 is 0. The number of amides is 3. The van der Waals surface area contributed by atoms with Gasteiger partial charge in [0.15, 0.2) is 0 Å². The molecule has 7 nitrogen and oxygen atoms in total. The lowest BCUT2D eigenvalue weighted by atomic mass is 9.93. The van der Waals surface area contributed by atoms with Crippen molar-refractivity contribution in [3.63, 3.8) is 0 Å². The van der Waals surface area contributed by atoms with E-state index in [1.807, 2.05) is 13.8 Å². The Kier molecular flexibility index (Phi) is 6.44. The third-order valence-corrected chi connectivity index (χ3v) is 3.05. The molecule has 114 valence electrons. The molecule has 0 bridgehead atoms. The molecule has 1 unspecified atom stereocenters. The molecular formula is C13H23N3O4. The number of hydrogen-bond acceptors (Lipinski definition) is 4. The van der Waals surface area contributed by atoms with Crippen LogP contribution in [0.2, 0.25) is 0 Å². The van der Waals surface area contributed by atoms with Crippen LogP contribution in [0.1, 0.15) is 39.5 Å². The maximum atomic E-state index is 12.0. The summed E-state index contributed by atoms with van der Waals surface area (Å²) in [7, 11) is 0. The molecule has 1 aliphatic rings. The fourth-order valence-electron chi connectivity index (χ4n) is 1.94. The van der Waals surface area contributed by atoms with E-state index in [0.29, 0.717) is 6.42 Å². The Morgan fingerprint density at radius 2 is 1.85 bits per heavy atom. The molecule has 20 heavy (non-hydrogen) atoms. The second-order valence-corrected chi connectivity index (χ2v) is 5.63. The standard InChI is InChI=1S/C13H23N3O4/c1-8(2)5-9(6-11(17)16-20)13(19)14-7-12(18)15-10-3-4-10/h8-10,20H,3-7H2,1-2H3,(H,14,19)(H,15,18)(H,16,17). The fraction of sp³-hybridized carbons (Fsp3) is 0.769. The predicted octanol–water partition coefficient (Wildman–Crippen LogP) is -0.0610. The number of carbonyl (C=O) groups is 3. The van der Waals surface area contributed by atoms with Gasteiger partial charge in [0.2, 0.25) is 17.7 Å². The molecule has 1 saturated carbocycles. The van der Waals surface area contributed by atoms with Crippen molar-refractivity contribution in [3.8, 4) is 0 Å². The molecule has 4 N–H and O–H groups in total. The molecule has 0 saturated heterocycles. The Bertz CT molecular complexity index is 367. The van der Waals surface area contributed by atoms with Crippen molar-refractivity contribution in [2.45, 2.75) is 45.6 Å². The normalized spacial score (nSPS) is 15.6. The smallest absolute Gasteiger partial charge is 0.244 e. The quantitative estimate of drug-likeness (QED) is 0.370. The molecule has 1 rings (SSSR count). The van der Waals surface area contributed by atoms with Crippen molar-refractivity contribution in [1.82, 2.24) is 16.1 Å². The van der Waals surface area contributed by atoms with Gasteiger partial charge >= 0.3 is 0 Å². The second kappa shape index (κ2) is 7.84. The minimum absolute atomic E-state index is 0.0787. The van der Waals surface area contributed by atoms with E-state index in [9.17, 15) is 14.4 Å². The molecule has 0 radical (unpaired) electrons. The van der Waals surface area contributed by atoms with Crippen LogP contribution in [0.4, 0.5) is 0 Å². The first-order valence-corrected chi connectivity index (χ1v) is 6.92. The van der Waals surface area contributed by atoms with Gasteiger partial charge in [-0.15, -0.1) is 0 Å². The van der Waals surface area contributed by atoms with Gasteiger partial charge in [-0.2, -0.15) is 0 Å². The van der Waals surface area contributed by atoms with E-state index in [1.165, 1.54) is 5.48 Å². The number of hydrogen-bond donors (Lipinski definition) is 4. The van der Waals surface area contributed by atoms with Crippen LogP contribution >= 0.6 is 0 Å². The van der Waals surface area contributed by atoms with E-state index in [-0.39, 0.29) is 36.7 Å². The molecule has 1 fully saturated rings. The average Bonchev–Trinajstić information content (AvgIpc) is 3.18. The molecule has 1 aliphatic carbocycles. The van der Waals surface area contributed by atoms with Gasteiger partial charge in [0.25, 0.3) is 0 Å². The summed E-state index contributed by atoms with van der Waals surface area (Å²) in [5, 5.41) is 13.8. The highest BCUT2D eigenvalue weighted by Crippen LogP contribution is 2.18. The summed E-state index contributed by atoms with van der Waals surface area (Å²) in [4.78, 5) is 34.6. The Morgan fingerprint density at radius 3 is 2.35 bits per heavy atom. The van der Waals surface area contributed by atoms with Crippen LogP contribution in [0, 0.1) is 11.8 Å². The van der Waals surface area contributed by atoms with Crippen LogP contribution in [0.15, 0.2) is 0 Å². The zero-order valence-corrected chi connectivity index (χ0v) is 11.9. The zero-order valence-electron chi connectivity index (χ0n) is 11.9. The van der Waals surface area contributed by atoms with Crippen molar-refractivity contribution < 1.29 is 19.6 Å². The third kappa shape index (κ3) is 6.51. The van der Waals surface area contributed by atoms with E-state index in [2.05, 4.69) is 10.6 Å². The van der Waals surface area contributed by atoms with Crippen molar-refractivity contribution in [1.29, 1.82) is 0 Å². The lowest BCUT2D eigenvalue weighted by Crippen LogP contribution is -2.41. The molecule has 0 aromatic rings. The van der Waals surface area contributed by atoms with Crippen LogP contribution in [0.5, 0.6) is 0 Å². The average molecular weight is 285 g/mol. The molecule has 0 spiro atoms. The van der Waals surface area contributed by atoms with Crippen LogP contribution in [-0.2, 0) is 14.4 Å². The molecule has 3 amide bonds. The van der Waals surface area contributed by atoms with E-state index in [4.69, 9.17) is 5.21 Å². The first kappa shape index (κ1) is 16.4. The lowest BCUT2D eigenvalue weighted by molar-refractivity contribution is -0.135.